The summed E-state index contributed by atoms with van der Waals surface area (Å²) in [5.74, 6) is -0.197. The minimum atomic E-state index is -4.53. The summed E-state index contributed by atoms with van der Waals surface area (Å²) in [6.07, 6.45) is -2.13. The van der Waals surface area contributed by atoms with E-state index in [1.165, 1.54) is 6.07 Å². The molecule has 0 aliphatic heterocycles. The molecule has 0 heterocycles. The predicted octanol–water partition coefficient (Wildman–Crippen LogP) is 6.06. The molecule has 1 atom stereocenters. The summed E-state index contributed by atoms with van der Waals surface area (Å²) in [5, 5.41) is 10.3. The van der Waals surface area contributed by atoms with Gasteiger partial charge in [-0.2, -0.15) is 13.2 Å². The summed E-state index contributed by atoms with van der Waals surface area (Å²) in [7, 11) is 0. The van der Waals surface area contributed by atoms with Crippen LogP contribution in [-0.2, 0) is 19.0 Å². The molecule has 0 saturated heterocycles. The molecule has 0 radical (unpaired) electrons. The van der Waals surface area contributed by atoms with Crippen molar-refractivity contribution in [2.24, 2.45) is 5.73 Å². The molecular weight excluding hydrogens is 438 g/mol. The van der Waals surface area contributed by atoms with Crippen LogP contribution < -0.4 is 10.5 Å². The molecule has 0 bridgehead atoms. The van der Waals surface area contributed by atoms with Crippen molar-refractivity contribution < 1.29 is 23.0 Å². The first-order valence-corrected chi connectivity index (χ1v) is 10.5. The minimum absolute atomic E-state index is 0.134. The standard InChI is InChI=1S/C22H26Cl2F3NO2/c1-2-21(28,14-29)10-9-16-6-8-20(17(12-16)22(25,26)27)30-11-3-4-15-5-7-18(23)19(24)13-15/h5-8,12-13,29H,2-4,9-11,14,28H2,1H3. The molecule has 2 rings (SSSR count). The van der Waals surface area contributed by atoms with Crippen LogP contribution in [0.4, 0.5) is 13.2 Å². The summed E-state index contributed by atoms with van der Waals surface area (Å²) in [5.41, 5.74) is 5.87. The maximum atomic E-state index is 13.5. The largest absolute Gasteiger partial charge is 0.493 e. The molecule has 2 aromatic carbocycles. The zero-order valence-corrected chi connectivity index (χ0v) is 18.2. The molecule has 0 aliphatic carbocycles. The number of hydrogen-bond acceptors (Lipinski definition) is 3. The van der Waals surface area contributed by atoms with Crippen LogP contribution in [0.1, 0.15) is 42.9 Å². The summed E-state index contributed by atoms with van der Waals surface area (Å²) >= 11 is 11.8. The molecule has 2 aromatic rings. The maximum absolute atomic E-state index is 13.5. The van der Waals surface area contributed by atoms with Crippen molar-refractivity contribution >= 4 is 23.2 Å². The van der Waals surface area contributed by atoms with Gasteiger partial charge in [0.05, 0.1) is 28.8 Å². The van der Waals surface area contributed by atoms with E-state index in [-0.39, 0.29) is 19.0 Å². The molecule has 30 heavy (non-hydrogen) atoms. The highest BCUT2D eigenvalue weighted by Crippen LogP contribution is 2.37. The van der Waals surface area contributed by atoms with E-state index in [4.69, 9.17) is 33.7 Å². The fourth-order valence-corrected chi connectivity index (χ4v) is 3.32. The van der Waals surface area contributed by atoms with Gasteiger partial charge in [0.25, 0.3) is 0 Å². The number of ether oxygens (including phenoxy) is 1. The lowest BCUT2D eigenvalue weighted by Gasteiger charge is -2.25. The Bertz CT molecular complexity index is 840. The Morgan fingerprint density at radius 2 is 1.67 bits per heavy atom. The van der Waals surface area contributed by atoms with Crippen molar-refractivity contribution in [2.45, 2.75) is 50.7 Å². The van der Waals surface area contributed by atoms with E-state index in [0.717, 1.165) is 11.6 Å². The lowest BCUT2D eigenvalue weighted by atomic mass is 9.90. The van der Waals surface area contributed by atoms with Gasteiger partial charge in [-0.15, -0.1) is 0 Å². The van der Waals surface area contributed by atoms with E-state index in [1.54, 1.807) is 18.2 Å². The molecule has 0 aromatic heterocycles. The van der Waals surface area contributed by atoms with E-state index in [9.17, 15) is 18.3 Å². The molecule has 0 amide bonds. The smallest absolute Gasteiger partial charge is 0.419 e. The van der Waals surface area contributed by atoms with Gasteiger partial charge in [0.1, 0.15) is 5.75 Å². The van der Waals surface area contributed by atoms with E-state index in [2.05, 4.69) is 0 Å². The van der Waals surface area contributed by atoms with Gasteiger partial charge in [0.2, 0.25) is 0 Å². The van der Waals surface area contributed by atoms with E-state index in [1.807, 2.05) is 13.0 Å². The molecule has 0 aliphatic rings. The molecule has 0 spiro atoms. The van der Waals surface area contributed by atoms with Gasteiger partial charge in [-0.1, -0.05) is 42.3 Å². The van der Waals surface area contributed by atoms with Crippen LogP contribution in [0.2, 0.25) is 10.0 Å². The van der Waals surface area contributed by atoms with Crippen LogP contribution in [0.25, 0.3) is 0 Å². The quantitative estimate of drug-likeness (QED) is 0.421. The first-order chi connectivity index (χ1) is 14.1. The molecule has 8 heteroatoms. The normalized spacial score (nSPS) is 13.9. The Morgan fingerprint density at radius 1 is 1.00 bits per heavy atom. The third kappa shape index (κ3) is 7.05. The van der Waals surface area contributed by atoms with Crippen LogP contribution in [0, 0.1) is 0 Å². The van der Waals surface area contributed by atoms with Crippen LogP contribution in [0.3, 0.4) is 0 Å². The number of aryl methyl sites for hydroxylation is 2. The molecule has 166 valence electrons. The number of aliphatic hydroxyl groups is 1. The third-order valence-corrected chi connectivity index (χ3v) is 5.87. The second-order valence-corrected chi connectivity index (χ2v) is 8.22. The van der Waals surface area contributed by atoms with Crippen molar-refractivity contribution in [3.8, 4) is 5.75 Å². The van der Waals surface area contributed by atoms with Crippen LogP contribution in [0.15, 0.2) is 36.4 Å². The SMILES string of the molecule is CCC(N)(CO)CCc1ccc(OCCCc2ccc(Cl)c(Cl)c2)c(C(F)(F)F)c1. The number of nitrogens with two attached hydrogens (primary N) is 1. The van der Waals surface area contributed by atoms with Crippen molar-refractivity contribution in [3.05, 3.63) is 63.1 Å². The van der Waals surface area contributed by atoms with Crippen molar-refractivity contribution in [3.63, 3.8) is 0 Å². The molecule has 0 saturated carbocycles. The highest BCUT2D eigenvalue weighted by molar-refractivity contribution is 6.42. The lowest BCUT2D eigenvalue weighted by molar-refractivity contribution is -0.139. The highest BCUT2D eigenvalue weighted by Gasteiger charge is 2.35. The summed E-state index contributed by atoms with van der Waals surface area (Å²) in [6.45, 7) is 1.76. The number of rotatable bonds is 10. The first kappa shape index (κ1) is 24.8. The van der Waals surface area contributed by atoms with E-state index >= 15 is 0 Å². The van der Waals surface area contributed by atoms with Crippen molar-refractivity contribution in [1.82, 2.24) is 0 Å². The van der Waals surface area contributed by atoms with Gasteiger partial charge in [-0.25, -0.2) is 0 Å². The Hall–Kier alpha value is -1.47. The Balaban J connectivity index is 2.01. The molecule has 3 N–H and O–H groups in total. The topological polar surface area (TPSA) is 55.5 Å². The van der Waals surface area contributed by atoms with Gasteiger partial charge < -0.3 is 15.6 Å². The van der Waals surface area contributed by atoms with Gasteiger partial charge in [0, 0.05) is 5.54 Å². The molecular formula is C22H26Cl2F3NO2. The number of alkyl halides is 3. The number of halogens is 5. The van der Waals surface area contributed by atoms with Gasteiger partial charge in [-0.3, -0.25) is 0 Å². The highest BCUT2D eigenvalue weighted by atomic mass is 35.5. The minimum Gasteiger partial charge on any atom is -0.493 e. The summed E-state index contributed by atoms with van der Waals surface area (Å²) in [4.78, 5) is 0. The maximum Gasteiger partial charge on any atom is 0.419 e. The average Bonchev–Trinajstić information content (AvgIpc) is 2.71. The second-order valence-electron chi connectivity index (χ2n) is 7.40. The number of hydrogen-bond donors (Lipinski definition) is 2. The van der Waals surface area contributed by atoms with Crippen molar-refractivity contribution in [1.29, 1.82) is 0 Å². The fraction of sp³-hybridized carbons (Fsp3) is 0.455. The summed E-state index contributed by atoms with van der Waals surface area (Å²) < 4.78 is 46.0. The van der Waals surface area contributed by atoms with Crippen molar-refractivity contribution in [2.75, 3.05) is 13.2 Å². The van der Waals surface area contributed by atoms with Gasteiger partial charge >= 0.3 is 6.18 Å². The van der Waals surface area contributed by atoms with Crippen LogP contribution in [-0.4, -0.2) is 23.9 Å². The lowest BCUT2D eigenvalue weighted by Crippen LogP contribution is -2.43. The second kappa shape index (κ2) is 10.7. The molecule has 0 fully saturated rings. The average molecular weight is 464 g/mol. The predicted molar refractivity (Wildman–Crippen MR) is 114 cm³/mol. The Labute approximate surface area is 184 Å². The number of aliphatic hydroxyl groups excluding tert-OH is 1. The molecule has 1 unspecified atom stereocenters. The first-order valence-electron chi connectivity index (χ1n) is 9.74. The van der Waals surface area contributed by atoms with E-state index in [0.29, 0.717) is 47.7 Å². The van der Waals surface area contributed by atoms with Gasteiger partial charge in [-0.05, 0) is 67.5 Å². The third-order valence-electron chi connectivity index (χ3n) is 5.13. The monoisotopic (exact) mass is 463 g/mol. The number of benzene rings is 2. The van der Waals surface area contributed by atoms with Gasteiger partial charge in [0.15, 0.2) is 0 Å². The Kier molecular flexibility index (Phi) is 8.85. The zero-order valence-electron chi connectivity index (χ0n) is 16.7. The fourth-order valence-electron chi connectivity index (χ4n) is 2.99. The molecule has 3 nitrogen and oxygen atoms in total. The van der Waals surface area contributed by atoms with Crippen LogP contribution >= 0.6 is 23.2 Å². The van der Waals surface area contributed by atoms with Crippen LogP contribution in [0.5, 0.6) is 5.75 Å². The van der Waals surface area contributed by atoms with E-state index < -0.39 is 17.3 Å². The summed E-state index contributed by atoms with van der Waals surface area (Å²) in [6, 6.07) is 9.30. The Morgan fingerprint density at radius 3 is 2.27 bits per heavy atom. The zero-order chi connectivity index (χ0) is 22.4.